The van der Waals surface area contributed by atoms with Crippen LogP contribution in [0.5, 0.6) is 0 Å². The first-order chi connectivity index (χ1) is 9.09. The average molecular weight is 263 g/mol. The van der Waals surface area contributed by atoms with Crippen LogP contribution >= 0.6 is 0 Å². The molecule has 1 unspecified atom stereocenters. The Balaban J connectivity index is 2.07. The number of carbonyl (C=O) groups is 1. The summed E-state index contributed by atoms with van der Waals surface area (Å²) in [6.45, 7) is 1.67. The maximum absolute atomic E-state index is 12.3. The van der Waals surface area contributed by atoms with Gasteiger partial charge >= 0.3 is 0 Å². The zero-order chi connectivity index (χ0) is 13.8. The lowest BCUT2D eigenvalue weighted by atomic mass is 9.98. The highest BCUT2D eigenvalue weighted by molar-refractivity contribution is 5.94. The average Bonchev–Trinajstić information content (AvgIpc) is 2.46. The second kappa shape index (κ2) is 5.79. The Kier molecular flexibility index (Phi) is 4.11. The molecule has 1 atom stereocenters. The van der Waals surface area contributed by atoms with E-state index in [2.05, 4.69) is 5.32 Å². The highest BCUT2D eigenvalue weighted by Crippen LogP contribution is 2.21. The summed E-state index contributed by atoms with van der Waals surface area (Å²) in [4.78, 5) is 24.0. The molecule has 1 amide bonds. The molecule has 1 saturated heterocycles. The van der Waals surface area contributed by atoms with Crippen LogP contribution < -0.4 is 10.2 Å². The molecular weight excluding hydrogens is 246 g/mol. The highest BCUT2D eigenvalue weighted by atomic mass is 16.6. The number of nitrogens with zero attached hydrogens (tertiary/aromatic N) is 2. The molecule has 1 heterocycles. The van der Waals surface area contributed by atoms with Gasteiger partial charge in [-0.25, -0.2) is 0 Å². The number of non-ortho nitro benzene ring substituents is 1. The van der Waals surface area contributed by atoms with Gasteiger partial charge in [-0.3, -0.25) is 14.9 Å². The van der Waals surface area contributed by atoms with E-state index in [-0.39, 0.29) is 17.5 Å². The summed E-state index contributed by atoms with van der Waals surface area (Å²) in [6, 6.07) is 6.04. The van der Waals surface area contributed by atoms with Gasteiger partial charge in [0.1, 0.15) is 0 Å². The minimum atomic E-state index is -0.448. The van der Waals surface area contributed by atoms with Crippen molar-refractivity contribution >= 4 is 17.3 Å². The molecule has 1 aliphatic rings. The number of benzene rings is 1. The van der Waals surface area contributed by atoms with Gasteiger partial charge in [0.2, 0.25) is 5.91 Å². The van der Waals surface area contributed by atoms with Crippen LogP contribution in [-0.2, 0) is 4.79 Å². The van der Waals surface area contributed by atoms with Crippen molar-refractivity contribution < 1.29 is 9.72 Å². The van der Waals surface area contributed by atoms with Crippen molar-refractivity contribution in [3.63, 3.8) is 0 Å². The maximum Gasteiger partial charge on any atom is 0.269 e. The molecule has 6 nitrogen and oxygen atoms in total. The minimum absolute atomic E-state index is 0.00561. The van der Waals surface area contributed by atoms with E-state index in [9.17, 15) is 14.9 Å². The Morgan fingerprint density at radius 3 is 2.63 bits per heavy atom. The highest BCUT2D eigenvalue weighted by Gasteiger charge is 2.24. The molecule has 0 bridgehead atoms. The SMILES string of the molecule is CN(C(=O)C1CCCNC1)c1ccc([N+](=O)[O-])cc1. The van der Waals surface area contributed by atoms with E-state index < -0.39 is 4.92 Å². The maximum atomic E-state index is 12.3. The van der Waals surface area contributed by atoms with Crippen LogP contribution in [0.25, 0.3) is 0 Å². The third-order valence-electron chi connectivity index (χ3n) is 3.42. The van der Waals surface area contributed by atoms with Gasteiger partial charge in [0.25, 0.3) is 5.69 Å². The molecule has 1 aromatic rings. The Morgan fingerprint density at radius 1 is 1.42 bits per heavy atom. The third-order valence-corrected chi connectivity index (χ3v) is 3.42. The first-order valence-electron chi connectivity index (χ1n) is 6.32. The summed E-state index contributed by atoms with van der Waals surface area (Å²) in [7, 11) is 1.71. The van der Waals surface area contributed by atoms with E-state index in [4.69, 9.17) is 0 Å². The zero-order valence-electron chi connectivity index (χ0n) is 10.8. The molecule has 19 heavy (non-hydrogen) atoms. The molecule has 0 radical (unpaired) electrons. The van der Waals surface area contributed by atoms with Gasteiger partial charge < -0.3 is 10.2 Å². The van der Waals surface area contributed by atoms with Gasteiger partial charge in [-0.1, -0.05) is 0 Å². The standard InChI is InChI=1S/C13H17N3O3/c1-15(13(17)10-3-2-8-14-9-10)11-4-6-12(7-5-11)16(18)19/h4-7,10,14H,2-3,8-9H2,1H3. The summed E-state index contributed by atoms with van der Waals surface area (Å²) in [6.07, 6.45) is 1.90. The van der Waals surface area contributed by atoms with Crippen molar-refractivity contribution in [1.29, 1.82) is 0 Å². The summed E-state index contributed by atoms with van der Waals surface area (Å²) >= 11 is 0. The van der Waals surface area contributed by atoms with Gasteiger partial charge in [0.15, 0.2) is 0 Å². The Hall–Kier alpha value is -1.95. The van der Waals surface area contributed by atoms with E-state index in [1.165, 1.54) is 12.1 Å². The number of rotatable bonds is 3. The normalized spacial score (nSPS) is 18.9. The molecule has 102 valence electrons. The Morgan fingerprint density at radius 2 is 2.11 bits per heavy atom. The second-order valence-corrected chi connectivity index (χ2v) is 4.71. The largest absolute Gasteiger partial charge is 0.316 e. The minimum Gasteiger partial charge on any atom is -0.316 e. The number of amides is 1. The van der Waals surface area contributed by atoms with E-state index >= 15 is 0 Å². The van der Waals surface area contributed by atoms with Gasteiger partial charge in [0, 0.05) is 31.4 Å². The number of piperidine rings is 1. The summed E-state index contributed by atoms with van der Waals surface area (Å²) in [5, 5.41) is 13.8. The van der Waals surface area contributed by atoms with Crippen molar-refractivity contribution in [3.8, 4) is 0 Å². The molecule has 1 N–H and O–H groups in total. The van der Waals surface area contributed by atoms with Crippen LogP contribution in [0.2, 0.25) is 0 Å². The van der Waals surface area contributed by atoms with Crippen molar-refractivity contribution in [2.75, 3.05) is 25.0 Å². The number of nitro groups is 1. The molecule has 1 fully saturated rings. The lowest BCUT2D eigenvalue weighted by Crippen LogP contribution is -2.41. The fourth-order valence-corrected chi connectivity index (χ4v) is 2.26. The predicted octanol–water partition coefficient (Wildman–Crippen LogP) is 1.56. The number of nitro benzene ring substituents is 1. The fourth-order valence-electron chi connectivity index (χ4n) is 2.26. The molecule has 1 aromatic carbocycles. The first-order valence-corrected chi connectivity index (χ1v) is 6.32. The molecule has 0 spiro atoms. The second-order valence-electron chi connectivity index (χ2n) is 4.71. The molecule has 6 heteroatoms. The van der Waals surface area contributed by atoms with Crippen LogP contribution in [0.15, 0.2) is 24.3 Å². The summed E-state index contributed by atoms with van der Waals surface area (Å²) < 4.78 is 0. The van der Waals surface area contributed by atoms with E-state index in [1.807, 2.05) is 0 Å². The van der Waals surface area contributed by atoms with Crippen molar-refractivity contribution in [2.24, 2.45) is 5.92 Å². The van der Waals surface area contributed by atoms with Crippen molar-refractivity contribution in [3.05, 3.63) is 34.4 Å². The van der Waals surface area contributed by atoms with Crippen LogP contribution in [0.4, 0.5) is 11.4 Å². The molecule has 1 aliphatic heterocycles. The smallest absolute Gasteiger partial charge is 0.269 e. The van der Waals surface area contributed by atoms with Gasteiger partial charge in [-0.2, -0.15) is 0 Å². The molecular formula is C13H17N3O3. The van der Waals surface area contributed by atoms with Gasteiger partial charge in [0.05, 0.1) is 10.8 Å². The monoisotopic (exact) mass is 263 g/mol. The van der Waals surface area contributed by atoms with Crippen LogP contribution in [0.1, 0.15) is 12.8 Å². The number of nitrogens with one attached hydrogen (secondary N) is 1. The van der Waals surface area contributed by atoms with Crippen LogP contribution in [0.3, 0.4) is 0 Å². The van der Waals surface area contributed by atoms with E-state index in [0.717, 1.165) is 19.4 Å². The van der Waals surface area contributed by atoms with Gasteiger partial charge in [-0.05, 0) is 31.5 Å². The lowest BCUT2D eigenvalue weighted by molar-refractivity contribution is -0.384. The zero-order valence-corrected chi connectivity index (χ0v) is 10.8. The van der Waals surface area contributed by atoms with Crippen LogP contribution in [-0.4, -0.2) is 31.0 Å². The topological polar surface area (TPSA) is 75.5 Å². The first kappa shape index (κ1) is 13.5. The van der Waals surface area contributed by atoms with E-state index in [0.29, 0.717) is 12.2 Å². The quantitative estimate of drug-likeness (QED) is 0.663. The number of carbonyl (C=O) groups excluding carboxylic acids is 1. The van der Waals surface area contributed by atoms with Crippen molar-refractivity contribution in [1.82, 2.24) is 5.32 Å². The molecule has 0 aromatic heterocycles. The van der Waals surface area contributed by atoms with Crippen molar-refractivity contribution in [2.45, 2.75) is 12.8 Å². The number of anilines is 1. The number of hydrogen-bond donors (Lipinski definition) is 1. The van der Waals surface area contributed by atoms with E-state index in [1.54, 1.807) is 24.1 Å². The third kappa shape index (κ3) is 3.08. The fraction of sp³-hybridized carbons (Fsp3) is 0.462. The summed E-state index contributed by atoms with van der Waals surface area (Å²) in [5.41, 5.74) is 0.713. The Labute approximate surface area is 111 Å². The molecule has 0 saturated carbocycles. The van der Waals surface area contributed by atoms with Gasteiger partial charge in [-0.15, -0.1) is 0 Å². The predicted molar refractivity (Wildman–Crippen MR) is 72.1 cm³/mol. The molecule has 0 aliphatic carbocycles. The summed E-state index contributed by atoms with van der Waals surface area (Å²) in [5.74, 6) is 0.0509. The lowest BCUT2D eigenvalue weighted by Gasteiger charge is -2.27. The van der Waals surface area contributed by atoms with Crippen LogP contribution in [0, 0.1) is 16.0 Å². The number of hydrogen-bond acceptors (Lipinski definition) is 4. The molecule has 2 rings (SSSR count). The Bertz CT molecular complexity index is 467.